The van der Waals surface area contributed by atoms with Gasteiger partial charge in [0, 0.05) is 17.3 Å². The monoisotopic (exact) mass is 553 g/mol. The smallest absolute Gasteiger partial charge is 0.256 e. The summed E-state index contributed by atoms with van der Waals surface area (Å²) in [7, 11) is 4.74. The molecule has 0 bridgehead atoms. The number of thiocarbonyl (C=S) groups is 1. The highest BCUT2D eigenvalue weighted by Crippen LogP contribution is 2.31. The molecule has 3 aromatic carbocycles. The van der Waals surface area contributed by atoms with Gasteiger partial charge in [0.05, 0.1) is 33.4 Å². The van der Waals surface area contributed by atoms with Crippen LogP contribution in [0.3, 0.4) is 0 Å². The van der Waals surface area contributed by atoms with Crippen molar-refractivity contribution in [2.45, 2.75) is 18.9 Å². The largest absolute Gasteiger partial charge is 0.497 e. The predicted octanol–water partition coefficient (Wildman–Crippen LogP) is 4.94. The van der Waals surface area contributed by atoms with Crippen LogP contribution >= 0.6 is 23.8 Å². The molecule has 0 saturated carbocycles. The summed E-state index contributed by atoms with van der Waals surface area (Å²) < 4.78 is 15.9. The predicted molar refractivity (Wildman–Crippen MR) is 152 cm³/mol. The lowest BCUT2D eigenvalue weighted by Crippen LogP contribution is -2.39. The highest BCUT2D eigenvalue weighted by atomic mass is 35.5. The molecule has 1 saturated heterocycles. The lowest BCUT2D eigenvalue weighted by atomic mass is 10.1. The van der Waals surface area contributed by atoms with Crippen molar-refractivity contribution in [1.82, 2.24) is 4.90 Å². The van der Waals surface area contributed by atoms with Crippen molar-refractivity contribution >= 4 is 52.1 Å². The Labute approximate surface area is 232 Å². The third-order valence-corrected chi connectivity index (χ3v) is 6.91. The summed E-state index contributed by atoms with van der Waals surface area (Å²) >= 11 is 11.8. The molecule has 1 fully saturated rings. The van der Waals surface area contributed by atoms with Gasteiger partial charge in [0.1, 0.15) is 11.8 Å². The summed E-state index contributed by atoms with van der Waals surface area (Å²) in [6.45, 7) is 0.421. The highest BCUT2D eigenvalue weighted by molar-refractivity contribution is 7.80. The molecule has 198 valence electrons. The van der Waals surface area contributed by atoms with E-state index in [4.69, 9.17) is 38.0 Å². The van der Waals surface area contributed by atoms with Gasteiger partial charge in [-0.2, -0.15) is 0 Å². The normalized spacial score (nSPS) is 15.0. The van der Waals surface area contributed by atoms with Crippen LogP contribution in [0.4, 0.5) is 11.4 Å². The van der Waals surface area contributed by atoms with Crippen LogP contribution in [0.2, 0.25) is 5.02 Å². The minimum absolute atomic E-state index is 0.0684. The van der Waals surface area contributed by atoms with Gasteiger partial charge in [0.25, 0.3) is 5.91 Å². The molecule has 0 aliphatic carbocycles. The first-order valence-electron chi connectivity index (χ1n) is 11.9. The van der Waals surface area contributed by atoms with Gasteiger partial charge >= 0.3 is 0 Å². The van der Waals surface area contributed by atoms with E-state index in [1.807, 2.05) is 18.2 Å². The molecule has 1 aliphatic heterocycles. The minimum Gasteiger partial charge on any atom is -0.497 e. The number of carbonyl (C=O) groups excluding carboxylic acids is 2. The second-order valence-electron chi connectivity index (χ2n) is 8.56. The van der Waals surface area contributed by atoms with Gasteiger partial charge in [-0.15, -0.1) is 0 Å². The molecule has 1 heterocycles. The van der Waals surface area contributed by atoms with E-state index < -0.39 is 6.04 Å². The maximum Gasteiger partial charge on any atom is 0.256 e. The summed E-state index contributed by atoms with van der Waals surface area (Å²) in [4.78, 5) is 29.9. The number of hydrogen-bond acceptors (Lipinski definition) is 6. The lowest BCUT2D eigenvalue weighted by molar-refractivity contribution is -0.124. The molecule has 10 heteroatoms. The van der Waals surface area contributed by atoms with Gasteiger partial charge in [0.2, 0.25) is 5.91 Å². The molecule has 0 aromatic heterocycles. The first-order valence-corrected chi connectivity index (χ1v) is 12.7. The van der Waals surface area contributed by atoms with Crippen LogP contribution in [0.1, 0.15) is 12.0 Å². The van der Waals surface area contributed by atoms with Crippen molar-refractivity contribution in [1.29, 1.82) is 0 Å². The average Bonchev–Trinajstić information content (AvgIpc) is 3.16. The Kier molecular flexibility index (Phi) is 8.70. The maximum absolute atomic E-state index is 13.6. The van der Waals surface area contributed by atoms with Crippen molar-refractivity contribution in [2.24, 2.45) is 0 Å². The summed E-state index contributed by atoms with van der Waals surface area (Å²) in [6, 6.07) is 18.8. The van der Waals surface area contributed by atoms with Crippen LogP contribution in [0.15, 0.2) is 66.7 Å². The fourth-order valence-electron chi connectivity index (χ4n) is 4.26. The number of anilines is 2. The number of nitrogens with one attached hydrogen (secondary N) is 1. The number of methoxy groups -OCH3 is 3. The van der Waals surface area contributed by atoms with Crippen LogP contribution in [0.5, 0.6) is 17.2 Å². The molecule has 8 nitrogen and oxygen atoms in total. The van der Waals surface area contributed by atoms with E-state index in [9.17, 15) is 9.59 Å². The first kappa shape index (κ1) is 27.2. The number of hydrogen-bond donors (Lipinski definition) is 1. The van der Waals surface area contributed by atoms with Crippen molar-refractivity contribution in [3.05, 3.63) is 77.3 Å². The number of carbonyl (C=O) groups is 2. The zero-order valence-corrected chi connectivity index (χ0v) is 22.8. The van der Waals surface area contributed by atoms with Crippen molar-refractivity contribution < 1.29 is 23.8 Å². The van der Waals surface area contributed by atoms with Crippen LogP contribution < -0.4 is 24.4 Å². The topological polar surface area (TPSA) is 80.3 Å². The molecule has 3 aromatic rings. The fourth-order valence-corrected chi connectivity index (χ4v) is 4.80. The molecule has 0 spiro atoms. The van der Waals surface area contributed by atoms with Crippen LogP contribution in [0.25, 0.3) is 0 Å². The second-order valence-corrected chi connectivity index (χ2v) is 9.36. The molecule has 38 heavy (non-hydrogen) atoms. The van der Waals surface area contributed by atoms with E-state index in [2.05, 4.69) is 5.32 Å². The van der Waals surface area contributed by atoms with Crippen molar-refractivity contribution in [3.63, 3.8) is 0 Å². The molecular formula is C28H28ClN3O5S. The van der Waals surface area contributed by atoms with Gasteiger partial charge in [0.15, 0.2) is 16.6 Å². The van der Waals surface area contributed by atoms with E-state index in [0.717, 1.165) is 5.56 Å². The van der Waals surface area contributed by atoms with E-state index in [0.29, 0.717) is 51.7 Å². The van der Waals surface area contributed by atoms with Crippen LogP contribution in [0, 0.1) is 0 Å². The number of benzene rings is 3. The van der Waals surface area contributed by atoms with Gasteiger partial charge in [-0.3, -0.25) is 14.5 Å². The Morgan fingerprint density at radius 3 is 2.26 bits per heavy atom. The third-order valence-electron chi connectivity index (χ3n) is 6.25. The van der Waals surface area contributed by atoms with Gasteiger partial charge in [-0.1, -0.05) is 17.7 Å². The molecule has 1 N–H and O–H groups in total. The number of nitrogens with zero attached hydrogens (tertiary/aromatic N) is 2. The third kappa shape index (κ3) is 6.00. The SMILES string of the molecule is COc1ccc(NC(=O)C[C@H]2C(=O)N(c3ccc(Cl)cc3)C(=S)N2CCc2ccc(OC)c(OC)c2)cc1. The lowest BCUT2D eigenvalue weighted by Gasteiger charge is -2.24. The van der Waals surface area contributed by atoms with E-state index >= 15 is 0 Å². The minimum atomic E-state index is -0.767. The van der Waals surface area contributed by atoms with E-state index in [1.165, 1.54) is 4.90 Å². The number of rotatable bonds is 10. The molecular weight excluding hydrogens is 526 g/mol. The fraction of sp³-hybridized carbons (Fsp3) is 0.250. The van der Waals surface area contributed by atoms with Crippen molar-refractivity contribution in [2.75, 3.05) is 38.1 Å². The Morgan fingerprint density at radius 2 is 1.63 bits per heavy atom. The summed E-state index contributed by atoms with van der Waals surface area (Å²) in [5, 5.41) is 3.74. The highest BCUT2D eigenvalue weighted by Gasteiger charge is 2.43. The number of ether oxygens (including phenoxy) is 3. The van der Waals surface area contributed by atoms with Crippen LogP contribution in [-0.2, 0) is 16.0 Å². The first-order chi connectivity index (χ1) is 18.3. The Balaban J connectivity index is 1.55. The average molecular weight is 554 g/mol. The van der Waals surface area contributed by atoms with Gasteiger partial charge < -0.3 is 24.4 Å². The second kappa shape index (κ2) is 12.1. The van der Waals surface area contributed by atoms with Crippen molar-refractivity contribution in [3.8, 4) is 17.2 Å². The van der Waals surface area contributed by atoms with Gasteiger partial charge in [-0.25, -0.2) is 0 Å². The molecule has 0 radical (unpaired) electrons. The zero-order valence-electron chi connectivity index (χ0n) is 21.3. The molecule has 1 aliphatic rings. The van der Waals surface area contributed by atoms with Gasteiger partial charge in [-0.05, 0) is 84.9 Å². The summed E-state index contributed by atoms with van der Waals surface area (Å²) in [6.07, 6.45) is 0.500. The Hall–Kier alpha value is -3.82. The van der Waals surface area contributed by atoms with E-state index in [1.54, 1.807) is 74.8 Å². The molecule has 1 atom stereocenters. The number of amides is 2. The quantitative estimate of drug-likeness (QED) is 0.356. The standard InChI is InChI=1S/C28H28ClN3O5S/c1-35-22-11-7-20(8-12-22)30-26(33)17-23-27(34)32(21-9-5-19(29)6-10-21)28(38)31(23)15-14-18-4-13-24(36-2)25(16-18)37-3/h4-13,16,23H,14-15,17H2,1-3H3,(H,30,33)/t23-/m0/s1. The molecule has 4 rings (SSSR count). The van der Waals surface area contributed by atoms with E-state index in [-0.39, 0.29) is 18.2 Å². The van der Waals surface area contributed by atoms with Crippen LogP contribution in [-0.4, -0.2) is 55.7 Å². The zero-order chi connectivity index (χ0) is 27.2. The summed E-state index contributed by atoms with van der Waals surface area (Å²) in [5.41, 5.74) is 2.18. The molecule has 2 amide bonds. The Morgan fingerprint density at radius 1 is 0.947 bits per heavy atom. The Bertz CT molecular complexity index is 1320. The maximum atomic E-state index is 13.6. The number of halogens is 1. The summed E-state index contributed by atoms with van der Waals surface area (Å²) in [5.74, 6) is 1.35. The molecule has 0 unspecified atom stereocenters.